The molecule has 4 rings (SSSR count). The minimum Gasteiger partial charge on any atom is -0.309 e. The second-order valence-corrected chi connectivity index (χ2v) is 7.07. The van der Waals surface area contributed by atoms with Crippen LogP contribution < -0.4 is 16.0 Å². The highest BCUT2D eigenvalue weighted by Gasteiger charge is 2.26. The molecule has 142 valence electrons. The summed E-state index contributed by atoms with van der Waals surface area (Å²) in [5, 5.41) is 4.83. The summed E-state index contributed by atoms with van der Waals surface area (Å²) in [4.78, 5) is 39.3. The van der Waals surface area contributed by atoms with Crippen molar-refractivity contribution in [1.82, 2.24) is 14.3 Å². The van der Waals surface area contributed by atoms with E-state index in [9.17, 15) is 14.4 Å². The van der Waals surface area contributed by atoms with Gasteiger partial charge in [0.05, 0.1) is 0 Å². The van der Waals surface area contributed by atoms with Crippen LogP contribution in [0.4, 0.5) is 11.6 Å². The van der Waals surface area contributed by atoms with Gasteiger partial charge in [-0.05, 0) is 43.3 Å². The largest absolute Gasteiger partial charge is 0.333 e. The van der Waals surface area contributed by atoms with Crippen molar-refractivity contribution < 1.29 is 4.79 Å². The van der Waals surface area contributed by atoms with E-state index in [2.05, 4.69) is 5.10 Å². The maximum atomic E-state index is 12.5. The van der Waals surface area contributed by atoms with Gasteiger partial charge >= 0.3 is 11.1 Å². The lowest BCUT2D eigenvalue weighted by Gasteiger charge is -2.18. The average molecular weight is 397 g/mol. The maximum absolute atomic E-state index is 12.5. The average Bonchev–Trinajstić information content (AvgIpc) is 3.11. The Kier molecular flexibility index (Phi) is 4.60. The van der Waals surface area contributed by atoms with Crippen LogP contribution in [-0.4, -0.2) is 26.7 Å². The molecule has 0 spiro atoms. The molecule has 2 aromatic carbocycles. The molecule has 7 nitrogen and oxygen atoms in total. The van der Waals surface area contributed by atoms with Gasteiger partial charge in [-0.15, -0.1) is 5.10 Å². The first kappa shape index (κ1) is 18.2. The van der Waals surface area contributed by atoms with Crippen LogP contribution in [0.5, 0.6) is 0 Å². The molecule has 1 aliphatic rings. The highest BCUT2D eigenvalue weighted by atomic mass is 35.5. The van der Waals surface area contributed by atoms with Gasteiger partial charge in [-0.25, -0.2) is 4.68 Å². The van der Waals surface area contributed by atoms with Gasteiger partial charge in [-0.1, -0.05) is 29.3 Å². The second kappa shape index (κ2) is 7.09. The summed E-state index contributed by atoms with van der Waals surface area (Å²) in [5.41, 5.74) is 0.902. The van der Waals surface area contributed by atoms with Crippen molar-refractivity contribution in [3.8, 4) is 0 Å². The number of carbonyl (C=O) groups is 1. The molecule has 28 heavy (non-hydrogen) atoms. The van der Waals surface area contributed by atoms with E-state index in [-0.39, 0.29) is 12.3 Å². The molecule has 0 unspecified atom stereocenters. The Morgan fingerprint density at radius 1 is 1.00 bits per heavy atom. The number of rotatable bonds is 4. The summed E-state index contributed by atoms with van der Waals surface area (Å²) in [6.07, 6.45) is 0. The lowest BCUT2D eigenvalue weighted by Crippen LogP contribution is -2.43. The molecule has 0 aliphatic carbocycles. The number of ketones is 1. The van der Waals surface area contributed by atoms with E-state index < -0.39 is 11.1 Å². The van der Waals surface area contributed by atoms with Crippen LogP contribution in [0.1, 0.15) is 15.9 Å². The Hall–Kier alpha value is -3.19. The fourth-order valence-electron chi connectivity index (χ4n) is 3.16. The first-order valence-corrected chi connectivity index (χ1v) is 9.17. The van der Waals surface area contributed by atoms with Crippen molar-refractivity contribution in [2.45, 2.75) is 20.0 Å². The van der Waals surface area contributed by atoms with Crippen LogP contribution >= 0.6 is 11.6 Å². The summed E-state index contributed by atoms with van der Waals surface area (Å²) in [5.74, 6) is 0.0351. The Bertz CT molecular complexity index is 1160. The smallest absolute Gasteiger partial charge is 0.309 e. The predicted molar refractivity (Wildman–Crippen MR) is 107 cm³/mol. The quantitative estimate of drug-likeness (QED) is 0.500. The molecule has 0 radical (unpaired) electrons. The molecule has 1 aliphatic heterocycles. The summed E-state index contributed by atoms with van der Waals surface area (Å²) < 4.78 is 2.29. The Balaban J connectivity index is 1.71. The molecule has 0 bridgehead atoms. The van der Waals surface area contributed by atoms with E-state index in [0.29, 0.717) is 29.6 Å². The number of hydrogen-bond acceptors (Lipinski definition) is 5. The SMILES string of the molecule is Cc1ccc(N2CCn3c2nn(CC(=O)c2ccc(Cl)cc2)c(=O)c3=O)cc1. The van der Waals surface area contributed by atoms with Crippen LogP contribution in [0.3, 0.4) is 0 Å². The number of halogens is 1. The van der Waals surface area contributed by atoms with Crippen molar-refractivity contribution in [2.24, 2.45) is 0 Å². The number of nitrogens with zero attached hydrogens (tertiary/aromatic N) is 4. The number of carbonyl (C=O) groups excluding carboxylic acids is 1. The monoisotopic (exact) mass is 396 g/mol. The van der Waals surface area contributed by atoms with Crippen molar-refractivity contribution in [3.05, 3.63) is 85.4 Å². The number of aromatic nitrogens is 3. The zero-order chi connectivity index (χ0) is 19.8. The van der Waals surface area contributed by atoms with Gasteiger partial charge in [0, 0.05) is 29.4 Å². The molecule has 0 N–H and O–H groups in total. The van der Waals surface area contributed by atoms with Gasteiger partial charge in [-0.3, -0.25) is 19.0 Å². The molecular formula is C20H17ClN4O3. The number of fused-ring (bicyclic) bond motifs is 1. The van der Waals surface area contributed by atoms with E-state index in [4.69, 9.17) is 11.6 Å². The highest BCUT2D eigenvalue weighted by Crippen LogP contribution is 2.26. The van der Waals surface area contributed by atoms with Gasteiger partial charge < -0.3 is 4.90 Å². The van der Waals surface area contributed by atoms with Gasteiger partial charge in [0.25, 0.3) is 0 Å². The van der Waals surface area contributed by atoms with Gasteiger partial charge in [0.15, 0.2) is 5.78 Å². The zero-order valence-corrected chi connectivity index (χ0v) is 15.9. The van der Waals surface area contributed by atoms with E-state index in [1.165, 1.54) is 4.57 Å². The molecule has 0 amide bonds. The standard InChI is InChI=1S/C20H17ClN4O3/c1-13-2-8-16(9-3-13)23-10-11-24-18(27)19(28)25(22-20(23)24)12-17(26)14-4-6-15(21)7-5-14/h2-9H,10-12H2,1H3. The first-order chi connectivity index (χ1) is 13.4. The topological polar surface area (TPSA) is 77.2 Å². The van der Waals surface area contributed by atoms with E-state index in [1.54, 1.807) is 24.3 Å². The van der Waals surface area contributed by atoms with Crippen LogP contribution in [0, 0.1) is 6.92 Å². The molecule has 3 aromatic rings. The van der Waals surface area contributed by atoms with Crippen LogP contribution in [0.15, 0.2) is 58.1 Å². The third kappa shape index (κ3) is 3.25. The molecule has 1 aromatic heterocycles. The molecule has 0 saturated heterocycles. The molecule has 0 saturated carbocycles. The molecule has 2 heterocycles. The Morgan fingerprint density at radius 3 is 2.36 bits per heavy atom. The molecule has 0 fully saturated rings. The number of hydrogen-bond donors (Lipinski definition) is 0. The minimum absolute atomic E-state index is 0.314. The van der Waals surface area contributed by atoms with Gasteiger partial charge in [-0.2, -0.15) is 0 Å². The third-order valence-electron chi connectivity index (χ3n) is 4.71. The van der Waals surface area contributed by atoms with Crippen LogP contribution in [0.25, 0.3) is 0 Å². The normalized spacial score (nSPS) is 12.9. The number of Topliss-reactive ketones (excluding diaryl/α,β-unsaturated/α-hetero) is 1. The van der Waals surface area contributed by atoms with E-state index >= 15 is 0 Å². The van der Waals surface area contributed by atoms with Gasteiger partial charge in [0.2, 0.25) is 5.95 Å². The Morgan fingerprint density at radius 2 is 1.68 bits per heavy atom. The second-order valence-electron chi connectivity index (χ2n) is 6.64. The van der Waals surface area contributed by atoms with Crippen molar-refractivity contribution in [2.75, 3.05) is 11.4 Å². The zero-order valence-electron chi connectivity index (χ0n) is 15.1. The maximum Gasteiger partial charge on any atom is 0.333 e. The number of benzene rings is 2. The van der Waals surface area contributed by atoms with Crippen molar-refractivity contribution >= 4 is 29.0 Å². The van der Waals surface area contributed by atoms with Crippen molar-refractivity contribution in [1.29, 1.82) is 0 Å². The Labute approximate surface area is 165 Å². The fraction of sp³-hybridized carbons (Fsp3) is 0.200. The molecular weight excluding hydrogens is 380 g/mol. The first-order valence-electron chi connectivity index (χ1n) is 8.79. The lowest BCUT2D eigenvalue weighted by atomic mass is 10.1. The van der Waals surface area contributed by atoms with Crippen molar-refractivity contribution in [3.63, 3.8) is 0 Å². The highest BCUT2D eigenvalue weighted by molar-refractivity contribution is 6.30. The van der Waals surface area contributed by atoms with Crippen LogP contribution in [0.2, 0.25) is 5.02 Å². The van der Waals surface area contributed by atoms with E-state index in [1.807, 2.05) is 36.1 Å². The summed E-state index contributed by atoms with van der Waals surface area (Å²) in [7, 11) is 0. The summed E-state index contributed by atoms with van der Waals surface area (Å²) in [6.45, 7) is 2.58. The lowest BCUT2D eigenvalue weighted by molar-refractivity contribution is 0.0965. The summed E-state index contributed by atoms with van der Waals surface area (Å²) in [6, 6.07) is 14.2. The minimum atomic E-state index is -0.809. The predicted octanol–water partition coefficient (Wildman–Crippen LogP) is 2.40. The van der Waals surface area contributed by atoms with Gasteiger partial charge in [0.1, 0.15) is 6.54 Å². The third-order valence-corrected chi connectivity index (χ3v) is 4.96. The van der Waals surface area contributed by atoms with E-state index in [0.717, 1.165) is 15.9 Å². The molecule has 8 heteroatoms. The number of aryl methyl sites for hydroxylation is 1. The fourth-order valence-corrected chi connectivity index (χ4v) is 3.29. The summed E-state index contributed by atoms with van der Waals surface area (Å²) >= 11 is 5.84. The van der Waals surface area contributed by atoms with Crippen LogP contribution in [-0.2, 0) is 13.1 Å². The number of anilines is 2. The molecule has 0 atom stereocenters.